The van der Waals surface area contributed by atoms with Gasteiger partial charge in [-0.05, 0) is 37.7 Å². The number of aromatic nitrogens is 1. The number of hydrogen-bond acceptors (Lipinski definition) is 3. The van der Waals surface area contributed by atoms with Gasteiger partial charge < -0.3 is 15.6 Å². The number of nitrogens with zero attached hydrogens (tertiary/aromatic N) is 1. The van der Waals surface area contributed by atoms with Crippen molar-refractivity contribution in [1.29, 1.82) is 0 Å². The van der Waals surface area contributed by atoms with Crippen molar-refractivity contribution in [2.45, 2.75) is 31.7 Å². The van der Waals surface area contributed by atoms with Gasteiger partial charge in [-0.1, -0.05) is 0 Å². The number of aryl methyl sites for hydroxylation is 1. The second kappa shape index (κ2) is 6.02. The molecule has 0 saturated heterocycles. The molecule has 1 aliphatic rings. The Balaban J connectivity index is 1.87. The highest BCUT2D eigenvalue weighted by atomic mass is 16.2. The van der Waals surface area contributed by atoms with Crippen molar-refractivity contribution in [3.05, 3.63) is 34.2 Å². The van der Waals surface area contributed by atoms with Crippen LogP contribution in [0.2, 0.25) is 0 Å². The maximum absolute atomic E-state index is 11.9. The molecule has 104 valence electrons. The van der Waals surface area contributed by atoms with E-state index in [1.165, 1.54) is 10.6 Å². The molecule has 0 aromatic carbocycles. The Hall–Kier alpha value is -1.62. The van der Waals surface area contributed by atoms with Gasteiger partial charge in [0.25, 0.3) is 11.5 Å². The minimum atomic E-state index is -0.174. The van der Waals surface area contributed by atoms with Gasteiger partial charge in [-0.2, -0.15) is 0 Å². The first kappa shape index (κ1) is 13.8. The molecule has 2 rings (SSSR count). The Morgan fingerprint density at radius 2 is 2.11 bits per heavy atom. The van der Waals surface area contributed by atoms with E-state index in [0.29, 0.717) is 24.1 Å². The summed E-state index contributed by atoms with van der Waals surface area (Å²) in [6, 6.07) is 3.35. The molecule has 0 aliphatic heterocycles. The Morgan fingerprint density at radius 1 is 1.42 bits per heavy atom. The van der Waals surface area contributed by atoms with Crippen LogP contribution in [0, 0.1) is 5.92 Å². The Morgan fingerprint density at radius 3 is 2.74 bits per heavy atom. The van der Waals surface area contributed by atoms with Crippen LogP contribution in [-0.4, -0.2) is 23.1 Å². The summed E-state index contributed by atoms with van der Waals surface area (Å²) in [5.41, 5.74) is 6.11. The topological polar surface area (TPSA) is 77.1 Å². The summed E-state index contributed by atoms with van der Waals surface area (Å²) in [5.74, 6) is 0.336. The van der Waals surface area contributed by atoms with Gasteiger partial charge in [0.05, 0.1) is 0 Å². The molecular weight excluding hydrogens is 242 g/mol. The van der Waals surface area contributed by atoms with Crippen LogP contribution in [0.1, 0.15) is 36.0 Å². The molecule has 1 heterocycles. The lowest BCUT2D eigenvalue weighted by Crippen LogP contribution is -2.34. The molecule has 0 atom stereocenters. The van der Waals surface area contributed by atoms with E-state index in [-0.39, 0.29) is 11.5 Å². The Bertz CT molecular complexity index is 502. The number of hydrogen-bond donors (Lipinski definition) is 2. The van der Waals surface area contributed by atoms with E-state index >= 15 is 0 Å². The predicted octanol–water partition coefficient (Wildman–Crippen LogP) is 0.633. The van der Waals surface area contributed by atoms with E-state index in [1.54, 1.807) is 19.3 Å². The number of carbonyl (C=O) groups is 1. The Labute approximate surface area is 112 Å². The average Bonchev–Trinajstić information content (AvgIpc) is 2.41. The summed E-state index contributed by atoms with van der Waals surface area (Å²) in [6.07, 6.45) is 5.81. The van der Waals surface area contributed by atoms with Gasteiger partial charge in [-0.3, -0.25) is 9.59 Å². The summed E-state index contributed by atoms with van der Waals surface area (Å²) >= 11 is 0. The van der Waals surface area contributed by atoms with Crippen molar-refractivity contribution in [3.8, 4) is 0 Å². The summed E-state index contributed by atoms with van der Waals surface area (Å²) < 4.78 is 1.44. The smallest absolute Gasteiger partial charge is 0.251 e. The highest BCUT2D eigenvalue weighted by Gasteiger charge is 2.19. The summed E-state index contributed by atoms with van der Waals surface area (Å²) in [5, 5.41) is 2.90. The third-order valence-electron chi connectivity index (χ3n) is 3.81. The van der Waals surface area contributed by atoms with Gasteiger partial charge in [0.15, 0.2) is 0 Å². The average molecular weight is 263 g/mol. The van der Waals surface area contributed by atoms with E-state index in [4.69, 9.17) is 5.73 Å². The maximum atomic E-state index is 11.9. The van der Waals surface area contributed by atoms with Gasteiger partial charge in [-0.15, -0.1) is 0 Å². The van der Waals surface area contributed by atoms with Crippen LogP contribution in [0.4, 0.5) is 0 Å². The normalized spacial score (nSPS) is 23.1. The fraction of sp³-hybridized carbons (Fsp3) is 0.571. The summed E-state index contributed by atoms with van der Waals surface area (Å²) in [4.78, 5) is 23.4. The second-order valence-electron chi connectivity index (χ2n) is 5.36. The monoisotopic (exact) mass is 263 g/mol. The molecule has 1 aromatic rings. The molecule has 0 radical (unpaired) electrons. The van der Waals surface area contributed by atoms with Crippen LogP contribution in [0.3, 0.4) is 0 Å². The molecule has 1 aromatic heterocycles. The summed E-state index contributed by atoms with van der Waals surface area (Å²) in [6.45, 7) is 0.667. The van der Waals surface area contributed by atoms with Crippen LogP contribution in [0.15, 0.2) is 23.1 Å². The van der Waals surface area contributed by atoms with Gasteiger partial charge in [0, 0.05) is 37.5 Å². The van der Waals surface area contributed by atoms with E-state index in [9.17, 15) is 9.59 Å². The third-order valence-corrected chi connectivity index (χ3v) is 3.81. The largest absolute Gasteiger partial charge is 0.352 e. The molecule has 0 unspecified atom stereocenters. The number of rotatable bonds is 3. The van der Waals surface area contributed by atoms with Crippen LogP contribution in [-0.2, 0) is 7.05 Å². The minimum absolute atomic E-state index is 0.170. The van der Waals surface area contributed by atoms with Crippen LogP contribution < -0.4 is 16.6 Å². The van der Waals surface area contributed by atoms with Crippen molar-refractivity contribution in [2.75, 3.05) is 6.54 Å². The van der Waals surface area contributed by atoms with Gasteiger partial charge in [0.2, 0.25) is 0 Å². The zero-order chi connectivity index (χ0) is 13.8. The maximum Gasteiger partial charge on any atom is 0.251 e. The van der Waals surface area contributed by atoms with Crippen LogP contribution >= 0.6 is 0 Å². The van der Waals surface area contributed by atoms with E-state index in [2.05, 4.69) is 5.32 Å². The van der Waals surface area contributed by atoms with Gasteiger partial charge in [0.1, 0.15) is 0 Å². The lowest BCUT2D eigenvalue weighted by atomic mass is 9.86. The highest BCUT2D eigenvalue weighted by molar-refractivity contribution is 5.93. The first-order valence-corrected chi connectivity index (χ1v) is 6.76. The summed E-state index contributed by atoms with van der Waals surface area (Å²) in [7, 11) is 1.66. The van der Waals surface area contributed by atoms with Gasteiger partial charge >= 0.3 is 0 Å². The predicted molar refractivity (Wildman–Crippen MR) is 73.9 cm³/mol. The molecule has 1 fully saturated rings. The molecular formula is C14H21N3O2. The lowest BCUT2D eigenvalue weighted by molar-refractivity contribution is 0.0942. The second-order valence-corrected chi connectivity index (χ2v) is 5.36. The molecule has 5 heteroatoms. The zero-order valence-corrected chi connectivity index (χ0v) is 11.3. The number of amides is 1. The standard InChI is InChI=1S/C14H21N3O2/c1-17-7-6-11(8-13(17)18)14(19)16-9-10-2-4-12(15)5-3-10/h6-8,10,12H,2-5,9,15H2,1H3,(H,16,19). The van der Waals surface area contributed by atoms with Crippen molar-refractivity contribution >= 4 is 5.91 Å². The van der Waals surface area contributed by atoms with Crippen LogP contribution in [0.5, 0.6) is 0 Å². The number of nitrogens with two attached hydrogens (primary N) is 1. The van der Waals surface area contributed by atoms with Crippen molar-refractivity contribution in [3.63, 3.8) is 0 Å². The molecule has 1 saturated carbocycles. The number of carbonyl (C=O) groups excluding carboxylic acids is 1. The molecule has 0 spiro atoms. The highest BCUT2D eigenvalue weighted by Crippen LogP contribution is 2.22. The number of pyridine rings is 1. The first-order chi connectivity index (χ1) is 9.06. The van der Waals surface area contributed by atoms with Gasteiger partial charge in [-0.25, -0.2) is 0 Å². The zero-order valence-electron chi connectivity index (χ0n) is 11.3. The SMILES string of the molecule is Cn1ccc(C(=O)NCC2CCC(N)CC2)cc1=O. The van der Waals surface area contributed by atoms with Crippen molar-refractivity contribution in [2.24, 2.45) is 18.7 Å². The molecule has 3 N–H and O–H groups in total. The minimum Gasteiger partial charge on any atom is -0.352 e. The lowest BCUT2D eigenvalue weighted by Gasteiger charge is -2.26. The fourth-order valence-electron chi connectivity index (χ4n) is 2.42. The molecule has 0 bridgehead atoms. The number of nitrogens with one attached hydrogen (secondary N) is 1. The van der Waals surface area contributed by atoms with Crippen LogP contribution in [0.25, 0.3) is 0 Å². The first-order valence-electron chi connectivity index (χ1n) is 6.76. The van der Waals surface area contributed by atoms with Crippen molar-refractivity contribution < 1.29 is 4.79 Å². The van der Waals surface area contributed by atoms with E-state index in [0.717, 1.165) is 25.7 Å². The van der Waals surface area contributed by atoms with Crippen molar-refractivity contribution in [1.82, 2.24) is 9.88 Å². The fourth-order valence-corrected chi connectivity index (χ4v) is 2.42. The molecule has 1 amide bonds. The molecule has 1 aliphatic carbocycles. The third kappa shape index (κ3) is 3.67. The quantitative estimate of drug-likeness (QED) is 0.840. The Kier molecular flexibility index (Phi) is 4.37. The molecule has 5 nitrogen and oxygen atoms in total. The van der Waals surface area contributed by atoms with E-state index < -0.39 is 0 Å². The van der Waals surface area contributed by atoms with E-state index in [1.807, 2.05) is 0 Å². The molecule has 19 heavy (non-hydrogen) atoms.